The van der Waals surface area contributed by atoms with Crippen molar-refractivity contribution in [2.24, 2.45) is 0 Å². The second-order valence-electron chi connectivity index (χ2n) is 4.64. The second-order valence-corrected chi connectivity index (χ2v) is 5.56. The van der Waals surface area contributed by atoms with Crippen molar-refractivity contribution in [2.45, 2.75) is 13.0 Å². The van der Waals surface area contributed by atoms with Gasteiger partial charge in [0, 0.05) is 10.5 Å². The monoisotopic (exact) mass is 349 g/mol. The molecule has 0 amide bonds. The molecule has 0 radical (unpaired) electrons. The Morgan fingerprint density at radius 1 is 1.29 bits per heavy atom. The van der Waals surface area contributed by atoms with E-state index in [0.29, 0.717) is 11.4 Å². The van der Waals surface area contributed by atoms with E-state index in [4.69, 9.17) is 9.84 Å². The van der Waals surface area contributed by atoms with Gasteiger partial charge in [0.2, 0.25) is 0 Å². The summed E-state index contributed by atoms with van der Waals surface area (Å²) in [5.74, 6) is -0.349. The molecule has 0 bridgehead atoms. The van der Waals surface area contributed by atoms with Crippen LogP contribution in [0.25, 0.3) is 0 Å². The van der Waals surface area contributed by atoms with E-state index < -0.39 is 5.97 Å². The number of carboxylic acids is 1. The lowest BCUT2D eigenvalue weighted by molar-refractivity contribution is 0.0697. The minimum absolute atomic E-state index is 0.0143. The summed E-state index contributed by atoms with van der Waals surface area (Å²) in [5.41, 5.74) is 1.97. The number of rotatable bonds is 5. The molecule has 1 atom stereocenters. The molecule has 2 N–H and O–H groups in total. The van der Waals surface area contributed by atoms with Gasteiger partial charge >= 0.3 is 5.97 Å². The zero-order chi connectivity index (χ0) is 15.4. The lowest BCUT2D eigenvalue weighted by atomic mass is 10.1. The molecule has 0 saturated heterocycles. The van der Waals surface area contributed by atoms with Crippen LogP contribution in [0.2, 0.25) is 0 Å². The van der Waals surface area contributed by atoms with E-state index in [0.717, 1.165) is 10.0 Å². The smallest absolute Gasteiger partial charge is 0.335 e. The summed E-state index contributed by atoms with van der Waals surface area (Å²) in [4.78, 5) is 11.1. The van der Waals surface area contributed by atoms with E-state index in [1.807, 2.05) is 31.2 Å². The van der Waals surface area contributed by atoms with Crippen LogP contribution in [0.5, 0.6) is 5.75 Å². The molecular formula is C16H16BrNO3. The molecular weight excluding hydrogens is 334 g/mol. The molecule has 0 fully saturated rings. The molecule has 0 spiro atoms. The van der Waals surface area contributed by atoms with Crippen molar-refractivity contribution in [1.29, 1.82) is 0 Å². The molecule has 5 heteroatoms. The highest BCUT2D eigenvalue weighted by molar-refractivity contribution is 9.10. The fourth-order valence-corrected chi connectivity index (χ4v) is 2.46. The van der Waals surface area contributed by atoms with Gasteiger partial charge in [-0.2, -0.15) is 0 Å². The molecule has 110 valence electrons. The van der Waals surface area contributed by atoms with Crippen LogP contribution in [-0.2, 0) is 0 Å². The van der Waals surface area contributed by atoms with Crippen molar-refractivity contribution < 1.29 is 14.6 Å². The van der Waals surface area contributed by atoms with Gasteiger partial charge in [-0.05, 0) is 42.8 Å². The number of methoxy groups -OCH3 is 1. The number of anilines is 1. The maximum Gasteiger partial charge on any atom is 0.335 e. The number of hydrogen-bond donors (Lipinski definition) is 2. The molecule has 0 aliphatic rings. The van der Waals surface area contributed by atoms with Gasteiger partial charge in [-0.1, -0.05) is 28.1 Å². The Hall–Kier alpha value is -2.01. The standard InChI is InChI=1S/C16H16BrNO3/c1-10(11-4-3-5-13(17)8-11)18-14-9-12(16(19)20)6-7-15(14)21-2/h3-10,18H,1-2H3,(H,19,20). The van der Waals surface area contributed by atoms with Crippen molar-refractivity contribution in [3.8, 4) is 5.75 Å². The van der Waals surface area contributed by atoms with E-state index in [2.05, 4.69) is 21.2 Å². The van der Waals surface area contributed by atoms with Gasteiger partial charge in [-0.15, -0.1) is 0 Å². The Balaban J connectivity index is 2.29. The Labute approximate surface area is 131 Å². The third-order valence-corrected chi connectivity index (χ3v) is 3.66. The molecule has 0 heterocycles. The van der Waals surface area contributed by atoms with E-state index >= 15 is 0 Å². The Bertz CT molecular complexity index is 658. The van der Waals surface area contributed by atoms with Crippen molar-refractivity contribution >= 4 is 27.6 Å². The number of hydrogen-bond acceptors (Lipinski definition) is 3. The first-order chi connectivity index (χ1) is 10.0. The molecule has 21 heavy (non-hydrogen) atoms. The van der Waals surface area contributed by atoms with Gasteiger partial charge < -0.3 is 15.2 Å². The van der Waals surface area contributed by atoms with E-state index in [-0.39, 0.29) is 11.6 Å². The fraction of sp³-hybridized carbons (Fsp3) is 0.188. The lowest BCUT2D eigenvalue weighted by Gasteiger charge is -2.18. The van der Waals surface area contributed by atoms with Crippen LogP contribution in [0, 0.1) is 0 Å². The summed E-state index contributed by atoms with van der Waals surface area (Å²) in [6.45, 7) is 2.01. The zero-order valence-corrected chi connectivity index (χ0v) is 13.3. The minimum Gasteiger partial charge on any atom is -0.495 e. The molecule has 1 unspecified atom stereocenters. The van der Waals surface area contributed by atoms with E-state index in [1.54, 1.807) is 19.2 Å². The minimum atomic E-state index is -0.962. The van der Waals surface area contributed by atoms with Gasteiger partial charge in [-0.3, -0.25) is 0 Å². The molecule has 0 aliphatic carbocycles. The second kappa shape index (κ2) is 6.63. The maximum atomic E-state index is 11.1. The average molecular weight is 350 g/mol. The SMILES string of the molecule is COc1ccc(C(=O)O)cc1NC(C)c1cccc(Br)c1. The number of nitrogens with one attached hydrogen (secondary N) is 1. The number of carboxylic acid groups (broad SMARTS) is 1. The Morgan fingerprint density at radius 3 is 2.67 bits per heavy atom. The first-order valence-corrected chi connectivity index (χ1v) is 7.24. The maximum absolute atomic E-state index is 11.1. The van der Waals surface area contributed by atoms with Crippen LogP contribution in [0.3, 0.4) is 0 Å². The average Bonchev–Trinajstić information content (AvgIpc) is 2.47. The summed E-state index contributed by atoms with van der Waals surface area (Å²) in [5, 5.41) is 12.4. The Morgan fingerprint density at radius 2 is 2.05 bits per heavy atom. The van der Waals surface area contributed by atoms with Gasteiger partial charge in [0.05, 0.1) is 18.4 Å². The molecule has 0 saturated carbocycles. The molecule has 2 aromatic rings. The highest BCUT2D eigenvalue weighted by Crippen LogP contribution is 2.30. The van der Waals surface area contributed by atoms with Crippen LogP contribution in [0.15, 0.2) is 46.9 Å². The molecule has 0 aromatic heterocycles. The van der Waals surface area contributed by atoms with Gasteiger partial charge in [-0.25, -0.2) is 4.79 Å². The third-order valence-electron chi connectivity index (χ3n) is 3.17. The predicted octanol–water partition coefficient (Wildman–Crippen LogP) is 4.33. The van der Waals surface area contributed by atoms with Crippen LogP contribution in [-0.4, -0.2) is 18.2 Å². The van der Waals surface area contributed by atoms with Crippen LogP contribution in [0.1, 0.15) is 28.9 Å². The summed E-state index contributed by atoms with van der Waals surface area (Å²) in [7, 11) is 1.56. The van der Waals surface area contributed by atoms with Gasteiger partial charge in [0.1, 0.15) is 5.75 Å². The molecule has 0 aliphatic heterocycles. The summed E-state index contributed by atoms with van der Waals surface area (Å²) >= 11 is 3.44. The fourth-order valence-electron chi connectivity index (χ4n) is 2.05. The highest BCUT2D eigenvalue weighted by atomic mass is 79.9. The number of carbonyl (C=O) groups is 1. The number of benzene rings is 2. The normalized spacial score (nSPS) is 11.8. The van der Waals surface area contributed by atoms with Gasteiger partial charge in [0.15, 0.2) is 0 Å². The summed E-state index contributed by atoms with van der Waals surface area (Å²) in [6, 6.07) is 12.7. The van der Waals surface area contributed by atoms with Gasteiger partial charge in [0.25, 0.3) is 0 Å². The van der Waals surface area contributed by atoms with E-state index in [1.165, 1.54) is 6.07 Å². The van der Waals surface area contributed by atoms with Crippen LogP contribution >= 0.6 is 15.9 Å². The van der Waals surface area contributed by atoms with E-state index in [9.17, 15) is 4.79 Å². The van der Waals surface area contributed by atoms with Crippen LogP contribution in [0.4, 0.5) is 5.69 Å². The number of ether oxygens (including phenoxy) is 1. The topological polar surface area (TPSA) is 58.6 Å². The lowest BCUT2D eigenvalue weighted by Crippen LogP contribution is -2.09. The highest BCUT2D eigenvalue weighted by Gasteiger charge is 2.12. The first-order valence-electron chi connectivity index (χ1n) is 6.44. The number of aromatic carboxylic acids is 1. The quantitative estimate of drug-likeness (QED) is 0.843. The zero-order valence-electron chi connectivity index (χ0n) is 11.8. The Kier molecular flexibility index (Phi) is 4.85. The first kappa shape index (κ1) is 15.4. The van der Waals surface area contributed by atoms with Crippen molar-refractivity contribution in [2.75, 3.05) is 12.4 Å². The van der Waals surface area contributed by atoms with Crippen molar-refractivity contribution in [1.82, 2.24) is 0 Å². The third kappa shape index (κ3) is 3.76. The molecule has 4 nitrogen and oxygen atoms in total. The van der Waals surface area contributed by atoms with Crippen molar-refractivity contribution in [3.05, 3.63) is 58.1 Å². The summed E-state index contributed by atoms with van der Waals surface area (Å²) < 4.78 is 6.28. The van der Waals surface area contributed by atoms with Crippen molar-refractivity contribution in [3.63, 3.8) is 0 Å². The number of halogens is 1. The molecule has 2 aromatic carbocycles. The van der Waals surface area contributed by atoms with Crippen LogP contribution < -0.4 is 10.1 Å². The summed E-state index contributed by atoms with van der Waals surface area (Å²) in [6.07, 6.45) is 0. The largest absolute Gasteiger partial charge is 0.495 e. The molecule has 2 rings (SSSR count). The predicted molar refractivity (Wildman–Crippen MR) is 86.1 cm³/mol.